The Balaban J connectivity index is 2.20. The first-order valence-electron chi connectivity index (χ1n) is 5.54. The summed E-state index contributed by atoms with van der Waals surface area (Å²) in [6.07, 6.45) is -4.61. The Kier molecular flexibility index (Phi) is 3.84. The molecule has 2 rings (SSSR count). The molecular weight excluding hydrogens is 277 g/mol. The van der Waals surface area contributed by atoms with Crippen molar-refractivity contribution in [1.82, 2.24) is 10.1 Å². The van der Waals surface area contributed by atoms with Gasteiger partial charge in [-0.2, -0.15) is 18.2 Å². The van der Waals surface area contributed by atoms with Crippen LogP contribution >= 0.6 is 11.8 Å². The Morgan fingerprint density at radius 3 is 2.26 bits per heavy atom. The van der Waals surface area contributed by atoms with E-state index in [1.54, 1.807) is 23.9 Å². The predicted octanol–water partition coefficient (Wildman–Crippen LogP) is 4.26. The minimum absolute atomic E-state index is 0.0616. The first-order valence-corrected chi connectivity index (χ1v) is 6.42. The van der Waals surface area contributed by atoms with Crippen LogP contribution in [0.25, 0.3) is 11.4 Å². The maximum atomic E-state index is 12.3. The maximum Gasteiger partial charge on any atom is 0.471 e. The van der Waals surface area contributed by atoms with Crippen molar-refractivity contribution >= 4 is 11.8 Å². The van der Waals surface area contributed by atoms with Crippen LogP contribution in [0.2, 0.25) is 0 Å². The van der Waals surface area contributed by atoms with Gasteiger partial charge in [-0.05, 0) is 24.3 Å². The lowest BCUT2D eigenvalue weighted by atomic mass is 10.2. The molecule has 102 valence electrons. The van der Waals surface area contributed by atoms with Gasteiger partial charge >= 0.3 is 12.1 Å². The number of nitrogens with zero attached hydrogens (tertiary/aromatic N) is 2. The van der Waals surface area contributed by atoms with Crippen LogP contribution in [0.1, 0.15) is 19.7 Å². The number of hydrogen-bond donors (Lipinski definition) is 0. The summed E-state index contributed by atoms with van der Waals surface area (Å²) >= 11 is 1.67. The second kappa shape index (κ2) is 5.24. The molecule has 0 saturated heterocycles. The molecule has 1 aromatic heterocycles. The molecule has 0 aliphatic heterocycles. The van der Waals surface area contributed by atoms with E-state index in [0.29, 0.717) is 10.8 Å². The van der Waals surface area contributed by atoms with E-state index < -0.39 is 12.1 Å². The first-order chi connectivity index (χ1) is 8.86. The molecule has 0 fully saturated rings. The van der Waals surface area contributed by atoms with Crippen LogP contribution in [0, 0.1) is 0 Å². The van der Waals surface area contributed by atoms with Gasteiger partial charge in [0.25, 0.3) is 0 Å². The summed E-state index contributed by atoms with van der Waals surface area (Å²) in [4.78, 5) is 4.37. The zero-order chi connectivity index (χ0) is 14.0. The van der Waals surface area contributed by atoms with Gasteiger partial charge in [0.1, 0.15) is 0 Å². The van der Waals surface area contributed by atoms with Crippen LogP contribution in [0.3, 0.4) is 0 Å². The summed E-state index contributed by atoms with van der Waals surface area (Å²) in [6, 6.07) is 7.00. The molecule has 0 aliphatic rings. The molecule has 0 aliphatic carbocycles. The fourth-order valence-electron chi connectivity index (χ4n) is 1.41. The highest BCUT2D eigenvalue weighted by molar-refractivity contribution is 7.99. The second-order valence-electron chi connectivity index (χ2n) is 4.11. The van der Waals surface area contributed by atoms with Crippen LogP contribution < -0.4 is 0 Å². The number of thioether (sulfide) groups is 1. The summed E-state index contributed by atoms with van der Waals surface area (Å²) in [5, 5.41) is 3.77. The molecule has 0 saturated carbocycles. The average molecular weight is 288 g/mol. The lowest BCUT2D eigenvalue weighted by molar-refractivity contribution is -0.159. The second-order valence-corrected chi connectivity index (χ2v) is 5.76. The minimum Gasteiger partial charge on any atom is -0.329 e. The topological polar surface area (TPSA) is 38.9 Å². The van der Waals surface area contributed by atoms with Crippen molar-refractivity contribution in [3.8, 4) is 11.4 Å². The predicted molar refractivity (Wildman–Crippen MR) is 65.7 cm³/mol. The SMILES string of the molecule is CC(C)Sc1ccc(-c2noc(C(F)(F)F)n2)cc1. The van der Waals surface area contributed by atoms with Crippen LogP contribution in [0.4, 0.5) is 13.2 Å². The molecule has 1 aromatic carbocycles. The number of rotatable bonds is 3. The summed E-state index contributed by atoms with van der Waals surface area (Å²) in [6.45, 7) is 4.13. The van der Waals surface area contributed by atoms with Gasteiger partial charge in [-0.15, -0.1) is 11.8 Å². The van der Waals surface area contributed by atoms with Gasteiger partial charge in [-0.25, -0.2) is 0 Å². The first kappa shape index (κ1) is 13.9. The van der Waals surface area contributed by atoms with Crippen molar-refractivity contribution in [3.05, 3.63) is 30.2 Å². The lowest BCUT2D eigenvalue weighted by Crippen LogP contribution is -2.04. The van der Waals surface area contributed by atoms with Crippen LogP contribution in [0.5, 0.6) is 0 Å². The van der Waals surface area contributed by atoms with E-state index in [1.165, 1.54) is 0 Å². The van der Waals surface area contributed by atoms with E-state index in [0.717, 1.165) is 4.90 Å². The van der Waals surface area contributed by atoms with Gasteiger partial charge in [0, 0.05) is 15.7 Å². The van der Waals surface area contributed by atoms with Crippen LogP contribution in [-0.2, 0) is 6.18 Å². The van der Waals surface area contributed by atoms with E-state index in [-0.39, 0.29) is 5.82 Å². The summed E-state index contributed by atoms with van der Waals surface area (Å²) in [7, 11) is 0. The van der Waals surface area contributed by atoms with E-state index in [2.05, 4.69) is 28.5 Å². The molecule has 0 bridgehead atoms. The number of alkyl halides is 3. The van der Waals surface area contributed by atoms with Crippen molar-refractivity contribution < 1.29 is 17.7 Å². The molecule has 1 heterocycles. The molecule has 0 unspecified atom stereocenters. The van der Waals surface area contributed by atoms with Gasteiger partial charge in [-0.3, -0.25) is 0 Å². The standard InChI is InChI=1S/C12H11F3N2OS/c1-7(2)19-9-5-3-8(4-6-9)10-16-11(18-17-10)12(13,14)15/h3-7H,1-2H3. The number of aromatic nitrogens is 2. The highest BCUT2D eigenvalue weighted by Crippen LogP contribution is 2.30. The molecule has 0 N–H and O–H groups in total. The fraction of sp³-hybridized carbons (Fsp3) is 0.333. The lowest BCUT2D eigenvalue weighted by Gasteiger charge is -2.04. The molecule has 2 aromatic rings. The van der Waals surface area contributed by atoms with Crippen LogP contribution in [-0.4, -0.2) is 15.4 Å². The summed E-state index contributed by atoms with van der Waals surface area (Å²) in [5.74, 6) is -1.39. The third-order valence-corrected chi connectivity index (χ3v) is 3.17. The van der Waals surface area contributed by atoms with Gasteiger partial charge in [0.15, 0.2) is 0 Å². The Hall–Kier alpha value is -1.50. The molecule has 0 atom stereocenters. The Labute approximate surface area is 112 Å². The third kappa shape index (κ3) is 3.50. The van der Waals surface area contributed by atoms with Crippen molar-refractivity contribution in [2.45, 2.75) is 30.2 Å². The van der Waals surface area contributed by atoms with E-state index in [1.807, 2.05) is 12.1 Å². The maximum absolute atomic E-state index is 12.3. The fourth-order valence-corrected chi connectivity index (χ4v) is 2.25. The van der Waals surface area contributed by atoms with Gasteiger partial charge in [0.2, 0.25) is 5.82 Å². The van der Waals surface area contributed by atoms with E-state index >= 15 is 0 Å². The highest BCUT2D eigenvalue weighted by Gasteiger charge is 2.38. The van der Waals surface area contributed by atoms with Crippen molar-refractivity contribution in [1.29, 1.82) is 0 Å². The smallest absolute Gasteiger partial charge is 0.329 e. The zero-order valence-electron chi connectivity index (χ0n) is 10.2. The normalized spacial score (nSPS) is 12.1. The zero-order valence-corrected chi connectivity index (χ0v) is 11.0. The molecular formula is C12H11F3N2OS. The molecule has 7 heteroatoms. The van der Waals surface area contributed by atoms with Crippen molar-refractivity contribution in [2.75, 3.05) is 0 Å². The molecule has 0 radical (unpaired) electrons. The Morgan fingerprint density at radius 2 is 1.79 bits per heavy atom. The van der Waals surface area contributed by atoms with E-state index in [4.69, 9.17) is 0 Å². The van der Waals surface area contributed by atoms with E-state index in [9.17, 15) is 13.2 Å². The molecule has 19 heavy (non-hydrogen) atoms. The van der Waals surface area contributed by atoms with Crippen molar-refractivity contribution in [3.63, 3.8) is 0 Å². The Morgan fingerprint density at radius 1 is 1.16 bits per heavy atom. The summed E-state index contributed by atoms with van der Waals surface area (Å²) in [5.41, 5.74) is 0.493. The monoisotopic (exact) mass is 288 g/mol. The highest BCUT2D eigenvalue weighted by atomic mass is 32.2. The van der Waals surface area contributed by atoms with Crippen LogP contribution in [0.15, 0.2) is 33.7 Å². The van der Waals surface area contributed by atoms with Gasteiger partial charge < -0.3 is 4.52 Å². The van der Waals surface area contributed by atoms with Gasteiger partial charge in [0.05, 0.1) is 0 Å². The largest absolute Gasteiger partial charge is 0.471 e. The minimum atomic E-state index is -4.61. The number of halogens is 3. The van der Waals surface area contributed by atoms with Gasteiger partial charge in [-0.1, -0.05) is 19.0 Å². The number of hydrogen-bond acceptors (Lipinski definition) is 4. The third-order valence-electron chi connectivity index (χ3n) is 2.15. The summed E-state index contributed by atoms with van der Waals surface area (Å²) < 4.78 is 41.2. The quantitative estimate of drug-likeness (QED) is 0.791. The average Bonchev–Trinajstić information content (AvgIpc) is 2.78. The van der Waals surface area contributed by atoms with Crippen molar-refractivity contribution in [2.24, 2.45) is 0 Å². The molecule has 3 nitrogen and oxygen atoms in total. The molecule has 0 amide bonds. The molecule has 0 spiro atoms. The Bertz CT molecular complexity index is 549. The number of benzene rings is 1.